The summed E-state index contributed by atoms with van der Waals surface area (Å²) >= 11 is 0. The molecule has 15 heavy (non-hydrogen) atoms. The summed E-state index contributed by atoms with van der Waals surface area (Å²) in [7, 11) is 1.68. The number of carbonyl (C=O) groups is 1. The van der Waals surface area contributed by atoms with Crippen LogP contribution in [-0.4, -0.2) is 36.7 Å². The van der Waals surface area contributed by atoms with E-state index in [0.29, 0.717) is 12.0 Å². The number of amides is 1. The van der Waals surface area contributed by atoms with Crippen LogP contribution in [0.15, 0.2) is 4.99 Å². The van der Waals surface area contributed by atoms with Crippen molar-refractivity contribution < 1.29 is 9.53 Å². The van der Waals surface area contributed by atoms with Crippen molar-refractivity contribution in [1.29, 1.82) is 0 Å². The van der Waals surface area contributed by atoms with Gasteiger partial charge in [-0.3, -0.25) is 10.1 Å². The minimum absolute atomic E-state index is 0.0511. The lowest BCUT2D eigenvalue weighted by molar-refractivity contribution is -0.132. The Bertz CT molecular complexity index is 330. The summed E-state index contributed by atoms with van der Waals surface area (Å²) in [5.41, 5.74) is -0.422. The molecule has 3 aliphatic rings. The van der Waals surface area contributed by atoms with Gasteiger partial charge in [0.2, 0.25) is 0 Å². The van der Waals surface area contributed by atoms with Crippen molar-refractivity contribution in [2.75, 3.05) is 7.11 Å². The SMILES string of the molecule is COC1CC2(C1)NC(=NC1CC1)NC2=O. The van der Waals surface area contributed by atoms with Gasteiger partial charge in [-0.2, -0.15) is 0 Å². The number of nitrogens with one attached hydrogen (secondary N) is 2. The van der Waals surface area contributed by atoms with Gasteiger partial charge in [-0.1, -0.05) is 0 Å². The number of rotatable bonds is 2. The Morgan fingerprint density at radius 2 is 2.20 bits per heavy atom. The zero-order valence-electron chi connectivity index (χ0n) is 8.75. The highest BCUT2D eigenvalue weighted by atomic mass is 16.5. The van der Waals surface area contributed by atoms with Crippen molar-refractivity contribution >= 4 is 11.9 Å². The summed E-state index contributed by atoms with van der Waals surface area (Å²) in [6.45, 7) is 0. The first-order valence-electron chi connectivity index (χ1n) is 5.42. The molecule has 2 N–H and O–H groups in total. The van der Waals surface area contributed by atoms with Crippen molar-refractivity contribution in [2.24, 2.45) is 4.99 Å². The van der Waals surface area contributed by atoms with Crippen molar-refractivity contribution in [3.05, 3.63) is 0 Å². The molecule has 3 rings (SSSR count). The molecule has 0 unspecified atom stereocenters. The number of hydrogen-bond donors (Lipinski definition) is 2. The van der Waals surface area contributed by atoms with Crippen LogP contribution in [0.2, 0.25) is 0 Å². The minimum Gasteiger partial charge on any atom is -0.381 e. The molecule has 82 valence electrons. The first-order valence-corrected chi connectivity index (χ1v) is 5.42. The largest absolute Gasteiger partial charge is 0.381 e. The lowest BCUT2D eigenvalue weighted by Gasteiger charge is -2.41. The van der Waals surface area contributed by atoms with Crippen LogP contribution in [-0.2, 0) is 9.53 Å². The maximum absolute atomic E-state index is 11.7. The Labute approximate surface area is 88.3 Å². The van der Waals surface area contributed by atoms with E-state index in [0.717, 1.165) is 25.7 Å². The standard InChI is InChI=1S/C10H15N3O2/c1-15-7-4-10(5-7)8(14)12-9(13-10)11-6-2-3-6/h6-7H,2-5H2,1H3,(H2,11,12,13,14). The van der Waals surface area contributed by atoms with Gasteiger partial charge in [0.05, 0.1) is 12.1 Å². The van der Waals surface area contributed by atoms with Gasteiger partial charge in [0.1, 0.15) is 5.54 Å². The molecular formula is C10H15N3O2. The molecule has 0 radical (unpaired) electrons. The van der Waals surface area contributed by atoms with Crippen LogP contribution < -0.4 is 10.6 Å². The molecule has 0 bridgehead atoms. The molecule has 1 heterocycles. The zero-order valence-corrected chi connectivity index (χ0v) is 8.75. The third kappa shape index (κ3) is 1.42. The highest BCUT2D eigenvalue weighted by molar-refractivity contribution is 6.09. The second kappa shape index (κ2) is 2.95. The topological polar surface area (TPSA) is 62.7 Å². The fourth-order valence-corrected chi connectivity index (χ4v) is 2.16. The number of nitrogens with zero attached hydrogens (tertiary/aromatic N) is 1. The predicted molar refractivity (Wildman–Crippen MR) is 54.5 cm³/mol. The summed E-state index contributed by atoms with van der Waals surface area (Å²) in [5, 5.41) is 6.01. The van der Waals surface area contributed by atoms with Gasteiger partial charge in [-0.15, -0.1) is 0 Å². The summed E-state index contributed by atoms with van der Waals surface area (Å²) in [5.74, 6) is 0.715. The molecule has 1 amide bonds. The fourth-order valence-electron chi connectivity index (χ4n) is 2.16. The summed E-state index contributed by atoms with van der Waals surface area (Å²) in [6, 6.07) is 0.432. The second-order valence-corrected chi connectivity index (χ2v) is 4.64. The van der Waals surface area contributed by atoms with Gasteiger partial charge >= 0.3 is 0 Å². The van der Waals surface area contributed by atoms with E-state index in [1.54, 1.807) is 7.11 Å². The monoisotopic (exact) mass is 209 g/mol. The van der Waals surface area contributed by atoms with E-state index in [9.17, 15) is 4.79 Å². The molecule has 0 aromatic heterocycles. The van der Waals surface area contributed by atoms with Crippen LogP contribution in [0.1, 0.15) is 25.7 Å². The van der Waals surface area contributed by atoms with Crippen molar-refractivity contribution in [3.8, 4) is 0 Å². The highest BCUT2D eigenvalue weighted by Gasteiger charge is 2.55. The molecular weight excluding hydrogens is 194 g/mol. The molecule has 2 saturated carbocycles. The Hall–Kier alpha value is -1.10. The molecule has 5 nitrogen and oxygen atoms in total. The third-order valence-corrected chi connectivity index (χ3v) is 3.37. The quantitative estimate of drug-likeness (QED) is 0.660. The molecule has 0 atom stereocenters. The van der Waals surface area contributed by atoms with Gasteiger partial charge < -0.3 is 10.1 Å². The van der Waals surface area contributed by atoms with E-state index in [2.05, 4.69) is 15.6 Å². The molecule has 3 fully saturated rings. The zero-order chi connectivity index (χ0) is 10.5. The van der Waals surface area contributed by atoms with E-state index in [1.165, 1.54) is 0 Å². The van der Waals surface area contributed by atoms with Crippen molar-refractivity contribution in [2.45, 2.75) is 43.4 Å². The van der Waals surface area contributed by atoms with Gasteiger partial charge in [0, 0.05) is 20.0 Å². The van der Waals surface area contributed by atoms with E-state index in [4.69, 9.17) is 4.74 Å². The number of hydrogen-bond acceptors (Lipinski definition) is 3. The minimum atomic E-state index is -0.422. The Morgan fingerprint density at radius 1 is 1.47 bits per heavy atom. The smallest absolute Gasteiger partial charge is 0.252 e. The maximum atomic E-state index is 11.7. The van der Waals surface area contributed by atoms with E-state index < -0.39 is 5.54 Å². The Morgan fingerprint density at radius 3 is 2.80 bits per heavy atom. The Kier molecular flexibility index (Phi) is 1.80. The lowest BCUT2D eigenvalue weighted by atomic mass is 9.74. The second-order valence-electron chi connectivity index (χ2n) is 4.64. The molecule has 2 aliphatic carbocycles. The predicted octanol–water partition coefficient (Wildman–Crippen LogP) is -0.228. The number of methoxy groups -OCH3 is 1. The molecule has 1 spiro atoms. The number of aliphatic imine (C=N–C) groups is 1. The number of guanidine groups is 1. The number of ether oxygens (including phenoxy) is 1. The average Bonchev–Trinajstić information content (AvgIpc) is 2.87. The van der Waals surface area contributed by atoms with E-state index >= 15 is 0 Å². The Balaban J connectivity index is 1.69. The van der Waals surface area contributed by atoms with Gasteiger partial charge in [-0.25, -0.2) is 4.99 Å². The molecule has 5 heteroatoms. The van der Waals surface area contributed by atoms with E-state index in [1.807, 2.05) is 0 Å². The van der Waals surface area contributed by atoms with Crippen molar-refractivity contribution in [3.63, 3.8) is 0 Å². The van der Waals surface area contributed by atoms with Crippen LogP contribution in [0, 0.1) is 0 Å². The summed E-state index contributed by atoms with van der Waals surface area (Å²) < 4.78 is 5.19. The van der Waals surface area contributed by atoms with Crippen molar-refractivity contribution in [1.82, 2.24) is 10.6 Å². The van der Waals surface area contributed by atoms with Crippen LogP contribution in [0.4, 0.5) is 0 Å². The summed E-state index contributed by atoms with van der Waals surface area (Å²) in [4.78, 5) is 16.1. The fraction of sp³-hybridized carbons (Fsp3) is 0.800. The average molecular weight is 209 g/mol. The third-order valence-electron chi connectivity index (χ3n) is 3.37. The van der Waals surface area contributed by atoms with Gasteiger partial charge in [0.15, 0.2) is 5.96 Å². The summed E-state index contributed by atoms with van der Waals surface area (Å²) in [6.07, 6.45) is 4.00. The normalized spacial score (nSPS) is 41.5. The number of carbonyl (C=O) groups excluding carboxylic acids is 1. The van der Waals surface area contributed by atoms with Crippen LogP contribution in [0.3, 0.4) is 0 Å². The van der Waals surface area contributed by atoms with Crippen LogP contribution in [0.5, 0.6) is 0 Å². The van der Waals surface area contributed by atoms with Gasteiger partial charge in [-0.05, 0) is 12.8 Å². The van der Waals surface area contributed by atoms with Gasteiger partial charge in [0.25, 0.3) is 5.91 Å². The van der Waals surface area contributed by atoms with Crippen LogP contribution in [0.25, 0.3) is 0 Å². The molecule has 1 aliphatic heterocycles. The lowest BCUT2D eigenvalue weighted by Crippen LogP contribution is -2.59. The van der Waals surface area contributed by atoms with E-state index in [-0.39, 0.29) is 12.0 Å². The molecule has 0 aromatic carbocycles. The first-order chi connectivity index (χ1) is 7.22. The molecule has 1 saturated heterocycles. The first kappa shape index (κ1) is 9.15. The molecule has 0 aromatic rings. The maximum Gasteiger partial charge on any atom is 0.252 e. The van der Waals surface area contributed by atoms with Crippen LogP contribution >= 0.6 is 0 Å². The highest BCUT2D eigenvalue weighted by Crippen LogP contribution is 2.36.